The van der Waals surface area contributed by atoms with Gasteiger partial charge in [0.05, 0.1) is 0 Å². The van der Waals surface area contributed by atoms with E-state index in [9.17, 15) is 0 Å². The fourth-order valence-electron chi connectivity index (χ4n) is 4.31. The van der Waals surface area contributed by atoms with Gasteiger partial charge < -0.3 is 10.6 Å². The van der Waals surface area contributed by atoms with E-state index in [1.54, 1.807) is 0 Å². The van der Waals surface area contributed by atoms with E-state index in [0.717, 1.165) is 5.92 Å². The van der Waals surface area contributed by atoms with Crippen LogP contribution in [-0.4, -0.2) is 30.6 Å². The third-order valence-corrected chi connectivity index (χ3v) is 5.61. The molecule has 2 rings (SSSR count). The molecule has 2 N–H and O–H groups in total. The number of rotatable bonds is 4. The van der Waals surface area contributed by atoms with Crippen LogP contribution in [0.15, 0.2) is 0 Å². The van der Waals surface area contributed by atoms with Crippen LogP contribution in [0.2, 0.25) is 0 Å². The van der Waals surface area contributed by atoms with Gasteiger partial charge >= 0.3 is 0 Å². The van der Waals surface area contributed by atoms with Crippen molar-refractivity contribution in [3.63, 3.8) is 0 Å². The number of nitrogens with zero attached hydrogens (tertiary/aromatic N) is 1. The van der Waals surface area contributed by atoms with Gasteiger partial charge in [0.25, 0.3) is 0 Å². The molecule has 18 heavy (non-hydrogen) atoms. The van der Waals surface area contributed by atoms with Gasteiger partial charge in [-0.15, -0.1) is 0 Å². The summed E-state index contributed by atoms with van der Waals surface area (Å²) in [7, 11) is 4.50. The molecular formula is C16H32N2. The van der Waals surface area contributed by atoms with Gasteiger partial charge in [0.2, 0.25) is 0 Å². The summed E-state index contributed by atoms with van der Waals surface area (Å²) in [6, 6.07) is 0.383. The molecule has 0 heterocycles. The molecule has 1 atom stereocenters. The Hall–Kier alpha value is -0.0800. The second kappa shape index (κ2) is 6.38. The molecule has 2 aliphatic rings. The molecule has 0 aliphatic heterocycles. The van der Waals surface area contributed by atoms with Crippen molar-refractivity contribution in [3.8, 4) is 0 Å². The summed E-state index contributed by atoms with van der Waals surface area (Å²) in [6.07, 6.45) is 15.2. The molecule has 0 spiro atoms. The highest BCUT2D eigenvalue weighted by atomic mass is 15.2. The van der Waals surface area contributed by atoms with Crippen LogP contribution in [0.4, 0.5) is 0 Å². The van der Waals surface area contributed by atoms with E-state index >= 15 is 0 Å². The third kappa shape index (κ3) is 3.08. The van der Waals surface area contributed by atoms with Gasteiger partial charge in [-0.25, -0.2) is 0 Å². The highest BCUT2D eigenvalue weighted by Gasteiger charge is 2.39. The molecule has 2 heteroatoms. The Morgan fingerprint density at radius 1 is 1.00 bits per heavy atom. The van der Waals surface area contributed by atoms with Gasteiger partial charge in [0, 0.05) is 11.6 Å². The van der Waals surface area contributed by atoms with Crippen molar-refractivity contribution in [1.29, 1.82) is 0 Å². The maximum Gasteiger partial charge on any atom is 0.0354 e. The maximum atomic E-state index is 6.69. The first kappa shape index (κ1) is 14.3. The Morgan fingerprint density at radius 3 is 2.06 bits per heavy atom. The zero-order valence-corrected chi connectivity index (χ0v) is 12.5. The molecule has 2 aliphatic carbocycles. The molecule has 0 aromatic heterocycles. The Morgan fingerprint density at radius 2 is 1.56 bits per heavy atom. The van der Waals surface area contributed by atoms with Crippen molar-refractivity contribution in [2.45, 2.75) is 82.2 Å². The van der Waals surface area contributed by atoms with Crippen LogP contribution in [0.1, 0.15) is 70.6 Å². The van der Waals surface area contributed by atoms with E-state index in [0.29, 0.717) is 11.6 Å². The molecule has 0 aromatic rings. The van der Waals surface area contributed by atoms with E-state index < -0.39 is 0 Å². The molecule has 2 fully saturated rings. The second-order valence-corrected chi connectivity index (χ2v) is 6.90. The third-order valence-electron chi connectivity index (χ3n) is 5.61. The van der Waals surface area contributed by atoms with E-state index in [-0.39, 0.29) is 0 Å². The van der Waals surface area contributed by atoms with Crippen molar-refractivity contribution in [3.05, 3.63) is 0 Å². The van der Waals surface area contributed by atoms with E-state index in [1.165, 1.54) is 70.6 Å². The Labute approximate surface area is 113 Å². The first-order chi connectivity index (χ1) is 8.65. The van der Waals surface area contributed by atoms with Gasteiger partial charge in [0.15, 0.2) is 0 Å². The van der Waals surface area contributed by atoms with Crippen molar-refractivity contribution in [2.75, 3.05) is 14.1 Å². The lowest BCUT2D eigenvalue weighted by molar-refractivity contribution is 0.0860. The Kier molecular flexibility index (Phi) is 5.08. The summed E-state index contributed by atoms with van der Waals surface area (Å²) in [4.78, 5) is 2.46. The van der Waals surface area contributed by atoms with Gasteiger partial charge in [-0.1, -0.05) is 51.4 Å². The molecule has 0 amide bonds. The minimum absolute atomic E-state index is 0.291. The van der Waals surface area contributed by atoms with Gasteiger partial charge in [-0.05, 0) is 39.3 Å². The van der Waals surface area contributed by atoms with Crippen LogP contribution in [-0.2, 0) is 0 Å². The minimum atomic E-state index is 0.291. The molecule has 1 unspecified atom stereocenters. The number of nitrogens with two attached hydrogens (primary N) is 1. The lowest BCUT2D eigenvalue weighted by atomic mass is 9.77. The van der Waals surface area contributed by atoms with Gasteiger partial charge in [0.1, 0.15) is 0 Å². The molecule has 2 saturated carbocycles. The number of hydrogen-bond acceptors (Lipinski definition) is 2. The van der Waals surface area contributed by atoms with Crippen LogP contribution in [0.3, 0.4) is 0 Å². The standard InChI is InChI=1S/C16H32N2/c1-18(2)16(11-7-3-4-8-12-16)15(17)13-14-9-5-6-10-14/h14-15H,3-13,17H2,1-2H3. The maximum absolute atomic E-state index is 6.69. The Bertz CT molecular complexity index is 235. The van der Waals surface area contributed by atoms with Crippen molar-refractivity contribution in [2.24, 2.45) is 11.7 Å². The first-order valence-corrected chi connectivity index (χ1v) is 8.08. The molecule has 0 radical (unpaired) electrons. The van der Waals surface area contributed by atoms with E-state index in [1.807, 2.05) is 0 Å². The van der Waals surface area contributed by atoms with Crippen LogP contribution in [0, 0.1) is 5.92 Å². The predicted molar refractivity (Wildman–Crippen MR) is 78.7 cm³/mol. The largest absolute Gasteiger partial charge is 0.326 e. The molecule has 106 valence electrons. The quantitative estimate of drug-likeness (QED) is 0.775. The predicted octanol–water partition coefficient (Wildman–Crippen LogP) is 3.55. The fraction of sp³-hybridized carbons (Fsp3) is 1.00. The van der Waals surface area contributed by atoms with Crippen LogP contribution >= 0.6 is 0 Å². The minimum Gasteiger partial charge on any atom is -0.326 e. The van der Waals surface area contributed by atoms with Crippen LogP contribution < -0.4 is 5.73 Å². The monoisotopic (exact) mass is 252 g/mol. The summed E-state index contributed by atoms with van der Waals surface area (Å²) in [5.41, 5.74) is 6.98. The molecule has 0 bridgehead atoms. The number of hydrogen-bond donors (Lipinski definition) is 1. The summed E-state index contributed by atoms with van der Waals surface area (Å²) >= 11 is 0. The van der Waals surface area contributed by atoms with Gasteiger partial charge in [-0.2, -0.15) is 0 Å². The summed E-state index contributed by atoms with van der Waals surface area (Å²) < 4.78 is 0. The second-order valence-electron chi connectivity index (χ2n) is 6.90. The van der Waals surface area contributed by atoms with Crippen LogP contribution in [0.5, 0.6) is 0 Å². The smallest absolute Gasteiger partial charge is 0.0354 e. The molecule has 0 saturated heterocycles. The fourth-order valence-corrected chi connectivity index (χ4v) is 4.31. The number of likely N-dealkylation sites (N-methyl/N-ethyl adjacent to an activating group) is 1. The van der Waals surface area contributed by atoms with Crippen molar-refractivity contribution < 1.29 is 0 Å². The Balaban J connectivity index is 2.02. The molecule has 0 aromatic carbocycles. The summed E-state index contributed by atoms with van der Waals surface area (Å²) in [6.45, 7) is 0. The lowest BCUT2D eigenvalue weighted by Crippen LogP contribution is -2.57. The molecule has 2 nitrogen and oxygen atoms in total. The van der Waals surface area contributed by atoms with Crippen molar-refractivity contribution in [1.82, 2.24) is 4.90 Å². The van der Waals surface area contributed by atoms with E-state index in [2.05, 4.69) is 19.0 Å². The topological polar surface area (TPSA) is 29.3 Å². The van der Waals surface area contributed by atoms with Gasteiger partial charge in [-0.3, -0.25) is 0 Å². The SMILES string of the molecule is CN(C)C1(C(N)CC2CCCC2)CCCCCC1. The lowest BCUT2D eigenvalue weighted by Gasteiger charge is -2.45. The summed E-state index contributed by atoms with van der Waals surface area (Å²) in [5.74, 6) is 0.917. The zero-order valence-electron chi connectivity index (χ0n) is 12.5. The highest BCUT2D eigenvalue weighted by Crippen LogP contribution is 2.38. The highest BCUT2D eigenvalue weighted by molar-refractivity contribution is 4.99. The van der Waals surface area contributed by atoms with E-state index in [4.69, 9.17) is 5.73 Å². The summed E-state index contributed by atoms with van der Waals surface area (Å²) in [5, 5.41) is 0. The van der Waals surface area contributed by atoms with Crippen LogP contribution in [0.25, 0.3) is 0 Å². The van der Waals surface area contributed by atoms with Crippen molar-refractivity contribution >= 4 is 0 Å². The first-order valence-electron chi connectivity index (χ1n) is 8.08. The average molecular weight is 252 g/mol. The normalized spacial score (nSPS) is 27.3. The molecular weight excluding hydrogens is 220 g/mol. The zero-order chi connectivity index (χ0) is 13.0. The average Bonchev–Trinajstić information content (AvgIpc) is 2.70.